The molecule has 5 nitrogen and oxygen atoms in total. The molecule has 0 spiro atoms. The minimum atomic E-state index is -0.208. The van der Waals surface area contributed by atoms with Crippen LogP contribution in [0.3, 0.4) is 0 Å². The maximum Gasteiger partial charge on any atom is 0.191 e. The zero-order valence-corrected chi connectivity index (χ0v) is 15.0. The van der Waals surface area contributed by atoms with Crippen molar-refractivity contribution >= 4 is 11.6 Å². The third kappa shape index (κ3) is 4.61. The number of methoxy groups -OCH3 is 1. The Morgan fingerprint density at radius 2 is 2.09 bits per heavy atom. The predicted octanol–water partition coefficient (Wildman–Crippen LogP) is 2.03. The maximum absolute atomic E-state index is 5.42. The number of hydrogen-bond donors (Lipinski definition) is 2. The average Bonchev–Trinajstić information content (AvgIpc) is 2.86. The van der Waals surface area contributed by atoms with Crippen LogP contribution in [0.4, 0.5) is 5.69 Å². The van der Waals surface area contributed by atoms with E-state index in [0.717, 1.165) is 25.5 Å². The highest BCUT2D eigenvalue weighted by Crippen LogP contribution is 2.31. The normalized spacial score (nSPS) is 18.0. The van der Waals surface area contributed by atoms with Crippen molar-refractivity contribution in [1.82, 2.24) is 10.6 Å². The van der Waals surface area contributed by atoms with Crippen LogP contribution < -0.4 is 15.5 Å². The number of benzene rings is 1. The van der Waals surface area contributed by atoms with Gasteiger partial charge in [-0.2, -0.15) is 0 Å². The highest BCUT2D eigenvalue weighted by atomic mass is 16.5. The summed E-state index contributed by atoms with van der Waals surface area (Å²) in [6.07, 6.45) is 1.13. The van der Waals surface area contributed by atoms with E-state index in [4.69, 9.17) is 4.74 Å². The molecule has 128 valence electrons. The van der Waals surface area contributed by atoms with Gasteiger partial charge < -0.3 is 20.3 Å². The second kappa shape index (κ2) is 7.68. The van der Waals surface area contributed by atoms with Crippen molar-refractivity contribution in [3.63, 3.8) is 0 Å². The standard InChI is InChI=1S/C18H30N4O/c1-14-12-15-8-6-7-9-16(15)22(14)11-10-20-17(19-4)21-13-18(2,3)23-5/h6-9,14H,10-13H2,1-5H3,(H2,19,20,21). The van der Waals surface area contributed by atoms with Crippen LogP contribution in [-0.2, 0) is 11.2 Å². The number of fused-ring (bicyclic) bond motifs is 1. The lowest BCUT2D eigenvalue weighted by Crippen LogP contribution is -2.47. The molecule has 5 heteroatoms. The van der Waals surface area contributed by atoms with Crippen molar-refractivity contribution < 1.29 is 4.74 Å². The first-order chi connectivity index (χ1) is 11.0. The van der Waals surface area contributed by atoms with Crippen LogP contribution in [0.25, 0.3) is 0 Å². The summed E-state index contributed by atoms with van der Waals surface area (Å²) in [5.74, 6) is 0.815. The summed E-state index contributed by atoms with van der Waals surface area (Å²) in [5.41, 5.74) is 2.61. The van der Waals surface area contributed by atoms with Gasteiger partial charge in [-0.15, -0.1) is 0 Å². The first-order valence-corrected chi connectivity index (χ1v) is 8.31. The Balaban J connectivity index is 1.82. The molecule has 2 N–H and O–H groups in total. The van der Waals surface area contributed by atoms with Gasteiger partial charge in [-0.25, -0.2) is 0 Å². The molecule has 0 saturated heterocycles. The highest BCUT2D eigenvalue weighted by molar-refractivity contribution is 5.79. The summed E-state index contributed by atoms with van der Waals surface area (Å²) >= 11 is 0. The zero-order chi connectivity index (χ0) is 16.9. The van der Waals surface area contributed by atoms with Crippen LogP contribution in [0.15, 0.2) is 29.3 Å². The Hall–Kier alpha value is -1.75. The van der Waals surface area contributed by atoms with Crippen molar-refractivity contribution in [2.75, 3.05) is 38.7 Å². The van der Waals surface area contributed by atoms with Gasteiger partial charge in [-0.1, -0.05) is 18.2 Å². The average molecular weight is 318 g/mol. The number of nitrogens with zero attached hydrogens (tertiary/aromatic N) is 2. The van der Waals surface area contributed by atoms with E-state index in [1.165, 1.54) is 11.3 Å². The Kier molecular flexibility index (Phi) is 5.88. The zero-order valence-electron chi connectivity index (χ0n) is 15.0. The predicted molar refractivity (Wildman–Crippen MR) is 97.4 cm³/mol. The maximum atomic E-state index is 5.42. The molecule has 1 heterocycles. The molecular weight excluding hydrogens is 288 g/mol. The second-order valence-electron chi connectivity index (χ2n) is 6.69. The van der Waals surface area contributed by atoms with Crippen molar-refractivity contribution in [3.05, 3.63) is 29.8 Å². The largest absolute Gasteiger partial charge is 0.377 e. The third-order valence-corrected chi connectivity index (χ3v) is 4.45. The van der Waals surface area contributed by atoms with E-state index < -0.39 is 0 Å². The Labute approximate surface area is 140 Å². The van der Waals surface area contributed by atoms with E-state index in [-0.39, 0.29) is 5.60 Å². The van der Waals surface area contributed by atoms with Crippen LogP contribution >= 0.6 is 0 Å². The molecule has 0 aromatic heterocycles. The second-order valence-corrected chi connectivity index (χ2v) is 6.69. The minimum absolute atomic E-state index is 0.208. The fraction of sp³-hybridized carbons (Fsp3) is 0.611. The molecule has 0 saturated carbocycles. The molecule has 1 aromatic rings. The molecule has 1 aliphatic rings. The fourth-order valence-corrected chi connectivity index (χ4v) is 2.85. The number of ether oxygens (including phenoxy) is 1. The number of anilines is 1. The van der Waals surface area contributed by atoms with E-state index >= 15 is 0 Å². The molecular formula is C18H30N4O. The monoisotopic (exact) mass is 318 g/mol. The number of guanidine groups is 1. The van der Waals surface area contributed by atoms with E-state index in [2.05, 4.69) is 65.6 Å². The summed E-state index contributed by atoms with van der Waals surface area (Å²) in [4.78, 5) is 6.74. The third-order valence-electron chi connectivity index (χ3n) is 4.45. The molecule has 0 bridgehead atoms. The summed E-state index contributed by atoms with van der Waals surface area (Å²) in [7, 11) is 3.52. The molecule has 0 fully saturated rings. The fourth-order valence-electron chi connectivity index (χ4n) is 2.85. The van der Waals surface area contributed by atoms with Gasteiger partial charge in [0.25, 0.3) is 0 Å². The summed E-state index contributed by atoms with van der Waals surface area (Å²) in [5, 5.41) is 6.70. The summed E-state index contributed by atoms with van der Waals surface area (Å²) in [6.45, 7) is 8.92. The van der Waals surface area contributed by atoms with Crippen molar-refractivity contribution in [1.29, 1.82) is 0 Å². The SMILES string of the molecule is CN=C(NCCN1c2ccccc2CC1C)NCC(C)(C)OC. The van der Waals surface area contributed by atoms with Crippen LogP contribution in [0, 0.1) is 0 Å². The molecule has 1 aliphatic heterocycles. The van der Waals surface area contributed by atoms with Gasteiger partial charge in [0.05, 0.1) is 5.60 Å². The molecule has 23 heavy (non-hydrogen) atoms. The van der Waals surface area contributed by atoms with Gasteiger partial charge >= 0.3 is 0 Å². The van der Waals surface area contributed by atoms with Crippen molar-refractivity contribution in [2.45, 2.75) is 38.8 Å². The molecule has 0 aliphatic carbocycles. The van der Waals surface area contributed by atoms with Gasteiger partial charge in [0, 0.05) is 45.5 Å². The van der Waals surface area contributed by atoms with E-state index in [0.29, 0.717) is 12.6 Å². The van der Waals surface area contributed by atoms with E-state index in [1.54, 1.807) is 14.2 Å². The van der Waals surface area contributed by atoms with Gasteiger partial charge in [-0.3, -0.25) is 4.99 Å². The number of aliphatic imine (C=N–C) groups is 1. The van der Waals surface area contributed by atoms with Crippen LogP contribution in [0.2, 0.25) is 0 Å². The van der Waals surface area contributed by atoms with Crippen LogP contribution in [-0.4, -0.2) is 51.4 Å². The quantitative estimate of drug-likeness (QED) is 0.622. The van der Waals surface area contributed by atoms with Gasteiger partial charge in [0.2, 0.25) is 0 Å². The first-order valence-electron chi connectivity index (χ1n) is 8.31. The molecule has 2 rings (SSSR count). The molecule has 1 aromatic carbocycles. The van der Waals surface area contributed by atoms with Crippen molar-refractivity contribution in [3.8, 4) is 0 Å². The van der Waals surface area contributed by atoms with Gasteiger partial charge in [0.15, 0.2) is 5.96 Å². The Morgan fingerprint density at radius 1 is 1.35 bits per heavy atom. The molecule has 0 amide bonds. The lowest BCUT2D eigenvalue weighted by atomic mass is 10.1. The number of para-hydroxylation sites is 1. The number of hydrogen-bond acceptors (Lipinski definition) is 3. The van der Waals surface area contributed by atoms with E-state index in [9.17, 15) is 0 Å². The van der Waals surface area contributed by atoms with E-state index in [1.807, 2.05) is 0 Å². The highest BCUT2D eigenvalue weighted by Gasteiger charge is 2.24. The van der Waals surface area contributed by atoms with Gasteiger partial charge in [-0.05, 0) is 38.8 Å². The minimum Gasteiger partial charge on any atom is -0.377 e. The Bertz CT molecular complexity index is 542. The Morgan fingerprint density at radius 3 is 2.78 bits per heavy atom. The topological polar surface area (TPSA) is 48.9 Å². The number of nitrogens with one attached hydrogen (secondary N) is 2. The smallest absolute Gasteiger partial charge is 0.191 e. The summed E-state index contributed by atoms with van der Waals surface area (Å²) in [6, 6.07) is 9.23. The lowest BCUT2D eigenvalue weighted by molar-refractivity contribution is 0.0268. The summed E-state index contributed by atoms with van der Waals surface area (Å²) < 4.78 is 5.42. The first kappa shape index (κ1) is 17.6. The van der Waals surface area contributed by atoms with Crippen LogP contribution in [0.5, 0.6) is 0 Å². The number of rotatable bonds is 6. The molecule has 1 atom stereocenters. The van der Waals surface area contributed by atoms with Crippen LogP contribution in [0.1, 0.15) is 26.3 Å². The molecule has 1 unspecified atom stereocenters. The van der Waals surface area contributed by atoms with Gasteiger partial charge in [0.1, 0.15) is 0 Å². The molecule has 0 radical (unpaired) electrons. The lowest BCUT2D eigenvalue weighted by Gasteiger charge is -2.27. The van der Waals surface area contributed by atoms with Crippen molar-refractivity contribution in [2.24, 2.45) is 4.99 Å².